The van der Waals surface area contributed by atoms with Gasteiger partial charge in [-0.1, -0.05) is 57.9 Å². The molecular weight excluding hydrogens is 350 g/mol. The lowest BCUT2D eigenvalue weighted by Gasteiger charge is -2.23. The fourth-order valence-electron chi connectivity index (χ4n) is 1.82. The van der Waals surface area contributed by atoms with E-state index in [2.05, 4.69) is 13.5 Å². The zero-order valence-corrected chi connectivity index (χ0v) is 14.9. The van der Waals surface area contributed by atoms with Crippen molar-refractivity contribution in [3.8, 4) is 0 Å². The Labute approximate surface area is 142 Å². The Hall–Kier alpha value is -0.670. The van der Waals surface area contributed by atoms with Crippen molar-refractivity contribution in [3.05, 3.63) is 12.7 Å². The Morgan fingerprint density at radius 3 is 1.71 bits per heavy atom. The SMILES string of the molecule is C=CCN.CCCCCCCCCCC(F)(F)C(F)(F)S(=O)(=O)O. The van der Waals surface area contributed by atoms with Crippen molar-refractivity contribution < 1.29 is 30.5 Å². The summed E-state index contributed by atoms with van der Waals surface area (Å²) in [5.74, 6) is -4.75. The molecule has 9 heteroatoms. The lowest BCUT2D eigenvalue weighted by Crippen LogP contribution is -2.46. The first-order chi connectivity index (χ1) is 11.0. The van der Waals surface area contributed by atoms with Crippen LogP contribution in [0.1, 0.15) is 64.7 Å². The van der Waals surface area contributed by atoms with E-state index in [0.29, 0.717) is 19.4 Å². The molecule has 0 aliphatic heterocycles. The minimum absolute atomic E-state index is 0.202. The van der Waals surface area contributed by atoms with Crippen molar-refractivity contribution in [3.63, 3.8) is 0 Å². The molecule has 0 unspecified atom stereocenters. The fourth-order valence-corrected chi connectivity index (χ4v) is 2.29. The highest BCUT2D eigenvalue weighted by Crippen LogP contribution is 2.41. The summed E-state index contributed by atoms with van der Waals surface area (Å²) in [4.78, 5) is 0. The first kappa shape index (κ1) is 25.6. The second kappa shape index (κ2) is 12.7. The van der Waals surface area contributed by atoms with Gasteiger partial charge in [-0.2, -0.15) is 26.0 Å². The van der Waals surface area contributed by atoms with Gasteiger partial charge in [0.05, 0.1) is 0 Å². The van der Waals surface area contributed by atoms with Gasteiger partial charge in [0.2, 0.25) is 0 Å². The third-order valence-electron chi connectivity index (χ3n) is 3.26. The van der Waals surface area contributed by atoms with Gasteiger partial charge >= 0.3 is 21.3 Å². The molecule has 24 heavy (non-hydrogen) atoms. The van der Waals surface area contributed by atoms with Crippen LogP contribution in [-0.4, -0.2) is 30.7 Å². The van der Waals surface area contributed by atoms with Crippen molar-refractivity contribution >= 4 is 10.1 Å². The predicted molar refractivity (Wildman–Crippen MR) is 87.9 cm³/mol. The van der Waals surface area contributed by atoms with E-state index in [-0.39, 0.29) is 6.42 Å². The van der Waals surface area contributed by atoms with Crippen LogP contribution in [-0.2, 0) is 10.1 Å². The highest BCUT2D eigenvalue weighted by molar-refractivity contribution is 7.87. The normalized spacial score (nSPS) is 12.5. The molecule has 0 fully saturated rings. The van der Waals surface area contributed by atoms with E-state index in [9.17, 15) is 26.0 Å². The van der Waals surface area contributed by atoms with E-state index < -0.39 is 27.7 Å². The average molecular weight is 379 g/mol. The van der Waals surface area contributed by atoms with Gasteiger partial charge in [-0.25, -0.2) is 0 Å². The van der Waals surface area contributed by atoms with Gasteiger partial charge in [0.25, 0.3) is 0 Å². The molecule has 0 rings (SSSR count). The van der Waals surface area contributed by atoms with Gasteiger partial charge in [-0.3, -0.25) is 4.55 Å². The summed E-state index contributed by atoms with van der Waals surface area (Å²) in [6, 6.07) is 0. The molecule has 0 bridgehead atoms. The number of hydrogen-bond acceptors (Lipinski definition) is 3. The maximum Gasteiger partial charge on any atom is 0.431 e. The van der Waals surface area contributed by atoms with Crippen LogP contribution in [0.2, 0.25) is 0 Å². The quantitative estimate of drug-likeness (QED) is 0.222. The minimum Gasteiger partial charge on any atom is -0.327 e. The lowest BCUT2D eigenvalue weighted by atomic mass is 10.1. The first-order valence-corrected chi connectivity index (χ1v) is 9.45. The van der Waals surface area contributed by atoms with Gasteiger partial charge in [0, 0.05) is 13.0 Å². The summed E-state index contributed by atoms with van der Waals surface area (Å²) < 4.78 is 80.5. The molecule has 0 heterocycles. The highest BCUT2D eigenvalue weighted by atomic mass is 32.2. The van der Waals surface area contributed by atoms with Crippen LogP contribution in [0.5, 0.6) is 0 Å². The van der Waals surface area contributed by atoms with E-state index in [4.69, 9.17) is 10.3 Å². The van der Waals surface area contributed by atoms with Gasteiger partial charge in [-0.05, 0) is 6.42 Å². The number of halogens is 4. The maximum absolute atomic E-state index is 13.1. The predicted octanol–water partition coefficient (Wildman–Crippen LogP) is 4.76. The summed E-state index contributed by atoms with van der Waals surface area (Å²) in [6.45, 7) is 6.00. The van der Waals surface area contributed by atoms with Gasteiger partial charge < -0.3 is 5.73 Å². The molecule has 0 amide bonds. The Bertz CT molecular complexity index is 428. The summed E-state index contributed by atoms with van der Waals surface area (Å²) in [6.07, 6.45) is 6.27. The molecule has 0 aromatic heterocycles. The van der Waals surface area contributed by atoms with Crippen LogP contribution >= 0.6 is 0 Å². The van der Waals surface area contributed by atoms with Crippen LogP contribution in [0, 0.1) is 0 Å². The van der Waals surface area contributed by atoms with Crippen molar-refractivity contribution in [1.29, 1.82) is 0 Å². The largest absolute Gasteiger partial charge is 0.431 e. The number of nitrogens with two attached hydrogens (primary N) is 1. The molecular formula is C15H29F4NO3S. The highest BCUT2D eigenvalue weighted by Gasteiger charge is 2.64. The van der Waals surface area contributed by atoms with E-state index in [1.807, 2.05) is 0 Å². The van der Waals surface area contributed by atoms with Crippen molar-refractivity contribution in [2.45, 2.75) is 75.9 Å². The van der Waals surface area contributed by atoms with Crippen molar-refractivity contribution in [2.24, 2.45) is 5.73 Å². The molecule has 3 N–H and O–H groups in total. The molecule has 0 aliphatic rings. The molecule has 0 aliphatic carbocycles. The van der Waals surface area contributed by atoms with Crippen molar-refractivity contribution in [2.75, 3.05) is 6.54 Å². The molecule has 4 nitrogen and oxygen atoms in total. The van der Waals surface area contributed by atoms with E-state index in [1.165, 1.54) is 0 Å². The Balaban J connectivity index is 0. The van der Waals surface area contributed by atoms with Crippen LogP contribution in [0.4, 0.5) is 17.6 Å². The molecule has 0 spiro atoms. The Morgan fingerprint density at radius 2 is 1.38 bits per heavy atom. The summed E-state index contributed by atoms with van der Waals surface area (Å²) in [7, 11) is -6.10. The maximum atomic E-state index is 13.1. The fraction of sp³-hybridized carbons (Fsp3) is 0.867. The molecule has 0 aromatic rings. The standard InChI is InChI=1S/C12H22F4O3S.C3H7N/c1-2-3-4-5-6-7-8-9-10-11(13,14)12(15,16)20(17,18)19;1-2-3-4/h2-10H2,1H3,(H,17,18,19);2H,1,3-4H2. The second-order valence-corrected chi connectivity index (χ2v) is 6.91. The lowest BCUT2D eigenvalue weighted by molar-refractivity contribution is -0.164. The van der Waals surface area contributed by atoms with Crippen LogP contribution in [0.3, 0.4) is 0 Å². The molecule has 0 saturated heterocycles. The first-order valence-electron chi connectivity index (χ1n) is 8.01. The van der Waals surface area contributed by atoms with Crippen LogP contribution in [0.25, 0.3) is 0 Å². The van der Waals surface area contributed by atoms with Gasteiger partial charge in [-0.15, -0.1) is 6.58 Å². The number of rotatable bonds is 12. The summed E-state index contributed by atoms with van der Waals surface area (Å²) >= 11 is 0. The minimum atomic E-state index is -6.10. The average Bonchev–Trinajstić information content (AvgIpc) is 2.49. The van der Waals surface area contributed by atoms with Crippen LogP contribution in [0.15, 0.2) is 12.7 Å². The number of alkyl halides is 4. The smallest absolute Gasteiger partial charge is 0.327 e. The summed E-state index contributed by atoms with van der Waals surface area (Å²) in [5.41, 5.74) is 4.91. The zero-order chi connectivity index (χ0) is 19.3. The molecule has 0 atom stereocenters. The van der Waals surface area contributed by atoms with E-state index >= 15 is 0 Å². The molecule has 0 radical (unpaired) electrons. The molecule has 0 aromatic carbocycles. The Morgan fingerprint density at radius 1 is 1.00 bits per heavy atom. The monoisotopic (exact) mass is 379 g/mol. The summed E-state index contributed by atoms with van der Waals surface area (Å²) in [5, 5.41) is -5.43. The molecule has 0 saturated carbocycles. The third-order valence-corrected chi connectivity index (χ3v) is 4.21. The zero-order valence-electron chi connectivity index (χ0n) is 14.1. The Kier molecular flexibility index (Phi) is 13.5. The number of unbranched alkanes of at least 4 members (excludes halogenated alkanes) is 7. The van der Waals surface area contributed by atoms with Crippen molar-refractivity contribution in [1.82, 2.24) is 0 Å². The molecule has 146 valence electrons. The van der Waals surface area contributed by atoms with Gasteiger partial charge in [0.1, 0.15) is 0 Å². The van der Waals surface area contributed by atoms with Gasteiger partial charge in [0.15, 0.2) is 0 Å². The second-order valence-electron chi connectivity index (χ2n) is 5.45. The van der Waals surface area contributed by atoms with Crippen LogP contribution < -0.4 is 5.73 Å². The topological polar surface area (TPSA) is 80.4 Å². The van der Waals surface area contributed by atoms with E-state index in [0.717, 1.165) is 32.1 Å². The van der Waals surface area contributed by atoms with E-state index in [1.54, 1.807) is 6.08 Å². The third kappa shape index (κ3) is 10.2. The number of hydrogen-bond donors (Lipinski definition) is 2.